The zero-order valence-corrected chi connectivity index (χ0v) is 20.2. The molecule has 2 N–H and O–H groups in total. The number of ether oxygens (including phenoxy) is 1. The number of nitrogens with one attached hydrogen (secondary N) is 2. The molecule has 0 unspecified atom stereocenters. The van der Waals surface area contributed by atoms with Crippen molar-refractivity contribution in [3.8, 4) is 5.75 Å². The van der Waals surface area contributed by atoms with Crippen molar-refractivity contribution >= 4 is 23.2 Å². The molecule has 33 heavy (non-hydrogen) atoms. The molecule has 0 spiro atoms. The minimum Gasteiger partial charge on any atom is -0.478 e. The third-order valence-electron chi connectivity index (χ3n) is 5.41. The highest BCUT2D eigenvalue weighted by atomic mass is 16.5. The van der Waals surface area contributed by atoms with Gasteiger partial charge in [0.25, 0.3) is 11.8 Å². The summed E-state index contributed by atoms with van der Waals surface area (Å²) in [4.78, 5) is 25.5. The van der Waals surface area contributed by atoms with Crippen molar-refractivity contribution in [2.45, 2.75) is 52.6 Å². The van der Waals surface area contributed by atoms with Crippen molar-refractivity contribution in [3.63, 3.8) is 0 Å². The number of carbonyl (C=O) groups excluding carboxylic acids is 2. The van der Waals surface area contributed by atoms with Gasteiger partial charge < -0.3 is 15.4 Å². The lowest BCUT2D eigenvalue weighted by molar-refractivity contribution is -0.128. The van der Waals surface area contributed by atoms with Crippen LogP contribution in [0.25, 0.3) is 0 Å². The fourth-order valence-electron chi connectivity index (χ4n) is 3.35. The SMILES string of the molecule is Cc1ccccc1C(=O)Nc1cccc(NC(=O)C(C)(C)Oc2ccc(C(C)(C)C)cc2)c1. The molecule has 0 fully saturated rings. The van der Waals surface area contributed by atoms with Crippen LogP contribution in [0.4, 0.5) is 11.4 Å². The van der Waals surface area contributed by atoms with Gasteiger partial charge in [0.1, 0.15) is 5.75 Å². The summed E-state index contributed by atoms with van der Waals surface area (Å²) in [5.41, 5.74) is 2.82. The Kier molecular flexibility index (Phi) is 6.92. The van der Waals surface area contributed by atoms with Crippen LogP contribution in [0.15, 0.2) is 72.8 Å². The molecule has 3 rings (SSSR count). The van der Waals surface area contributed by atoms with Crippen LogP contribution in [-0.2, 0) is 10.2 Å². The van der Waals surface area contributed by atoms with Crippen LogP contribution >= 0.6 is 0 Å². The van der Waals surface area contributed by atoms with E-state index in [0.717, 1.165) is 5.56 Å². The molecule has 5 nitrogen and oxygen atoms in total. The lowest BCUT2D eigenvalue weighted by atomic mass is 9.87. The number of benzene rings is 3. The maximum absolute atomic E-state index is 12.9. The highest BCUT2D eigenvalue weighted by Crippen LogP contribution is 2.27. The number of anilines is 2. The van der Waals surface area contributed by atoms with E-state index >= 15 is 0 Å². The summed E-state index contributed by atoms with van der Waals surface area (Å²) in [6.45, 7) is 11.8. The van der Waals surface area contributed by atoms with Crippen molar-refractivity contribution in [3.05, 3.63) is 89.5 Å². The molecule has 0 saturated heterocycles. The van der Waals surface area contributed by atoms with Gasteiger partial charge in [-0.25, -0.2) is 0 Å². The average Bonchev–Trinajstić information content (AvgIpc) is 2.73. The van der Waals surface area contributed by atoms with Crippen LogP contribution in [0.2, 0.25) is 0 Å². The van der Waals surface area contributed by atoms with Crippen LogP contribution < -0.4 is 15.4 Å². The molecular formula is C28H32N2O3. The second kappa shape index (κ2) is 9.49. The third-order valence-corrected chi connectivity index (χ3v) is 5.41. The van der Waals surface area contributed by atoms with Gasteiger partial charge in [-0.05, 0) is 73.7 Å². The predicted octanol–water partition coefficient (Wildman–Crippen LogP) is 6.34. The summed E-state index contributed by atoms with van der Waals surface area (Å²) in [5, 5.41) is 5.77. The van der Waals surface area contributed by atoms with Crippen molar-refractivity contribution in [2.75, 3.05) is 10.6 Å². The fourth-order valence-corrected chi connectivity index (χ4v) is 3.35. The summed E-state index contributed by atoms with van der Waals surface area (Å²) < 4.78 is 5.99. The number of hydrogen-bond donors (Lipinski definition) is 2. The van der Waals surface area contributed by atoms with Crippen LogP contribution in [0.5, 0.6) is 5.75 Å². The zero-order chi connectivity index (χ0) is 24.2. The van der Waals surface area contributed by atoms with E-state index in [2.05, 4.69) is 31.4 Å². The molecule has 0 bridgehead atoms. The molecule has 3 aromatic rings. The number of aryl methyl sites for hydroxylation is 1. The van der Waals surface area contributed by atoms with E-state index < -0.39 is 5.60 Å². The first-order valence-electron chi connectivity index (χ1n) is 11.0. The Balaban J connectivity index is 1.67. The second-order valence-corrected chi connectivity index (χ2v) is 9.69. The van der Waals surface area contributed by atoms with Gasteiger partial charge in [-0.2, -0.15) is 0 Å². The number of rotatable bonds is 6. The van der Waals surface area contributed by atoms with Crippen molar-refractivity contribution < 1.29 is 14.3 Å². The fraction of sp³-hybridized carbons (Fsp3) is 0.286. The second-order valence-electron chi connectivity index (χ2n) is 9.69. The lowest BCUT2D eigenvalue weighted by Crippen LogP contribution is -2.42. The van der Waals surface area contributed by atoms with E-state index in [1.807, 2.05) is 49.4 Å². The Bertz CT molecular complexity index is 1140. The monoisotopic (exact) mass is 444 g/mol. The first kappa shape index (κ1) is 24.1. The van der Waals surface area contributed by atoms with E-state index in [9.17, 15) is 9.59 Å². The Labute approximate surface area is 196 Å². The molecule has 5 heteroatoms. The molecule has 3 aromatic carbocycles. The van der Waals surface area contributed by atoms with Crippen LogP contribution in [-0.4, -0.2) is 17.4 Å². The van der Waals surface area contributed by atoms with E-state index in [1.54, 1.807) is 44.2 Å². The Hall–Kier alpha value is -3.60. The standard InChI is InChI=1S/C28H32N2O3/c1-19-10-7-8-13-24(19)25(31)29-21-11-9-12-22(18-21)30-26(32)28(5,6)33-23-16-14-20(15-17-23)27(2,3)4/h7-18H,1-6H3,(H,29,31)(H,30,32). The molecule has 0 radical (unpaired) electrons. The average molecular weight is 445 g/mol. The maximum Gasteiger partial charge on any atom is 0.267 e. The first-order valence-corrected chi connectivity index (χ1v) is 11.0. The molecule has 0 heterocycles. The molecule has 0 atom stereocenters. The van der Waals surface area contributed by atoms with E-state index in [0.29, 0.717) is 22.7 Å². The van der Waals surface area contributed by atoms with Gasteiger partial charge >= 0.3 is 0 Å². The van der Waals surface area contributed by atoms with Gasteiger partial charge in [-0.15, -0.1) is 0 Å². The number of hydrogen-bond acceptors (Lipinski definition) is 3. The van der Waals surface area contributed by atoms with Crippen LogP contribution in [0.3, 0.4) is 0 Å². The van der Waals surface area contributed by atoms with Gasteiger partial charge in [0.05, 0.1) is 0 Å². The number of carbonyl (C=O) groups is 2. The van der Waals surface area contributed by atoms with Crippen LogP contribution in [0, 0.1) is 6.92 Å². The van der Waals surface area contributed by atoms with E-state index in [-0.39, 0.29) is 17.2 Å². The highest BCUT2D eigenvalue weighted by Gasteiger charge is 2.30. The molecule has 0 aromatic heterocycles. The van der Waals surface area contributed by atoms with E-state index in [1.165, 1.54) is 5.56 Å². The third kappa shape index (κ3) is 6.22. The Morgan fingerprint density at radius 2 is 1.36 bits per heavy atom. The van der Waals surface area contributed by atoms with Gasteiger partial charge in [-0.1, -0.05) is 57.2 Å². The smallest absolute Gasteiger partial charge is 0.267 e. The zero-order valence-electron chi connectivity index (χ0n) is 20.2. The normalized spacial score (nSPS) is 11.6. The van der Waals surface area contributed by atoms with Gasteiger partial charge in [0, 0.05) is 16.9 Å². The Morgan fingerprint density at radius 3 is 1.97 bits per heavy atom. The molecular weight excluding hydrogens is 412 g/mol. The lowest BCUT2D eigenvalue weighted by Gasteiger charge is -2.26. The molecule has 0 saturated carbocycles. The minimum atomic E-state index is -1.09. The van der Waals surface area contributed by atoms with Gasteiger partial charge in [0.15, 0.2) is 5.60 Å². The van der Waals surface area contributed by atoms with Gasteiger partial charge in [0.2, 0.25) is 0 Å². The Morgan fingerprint density at radius 1 is 0.758 bits per heavy atom. The summed E-state index contributed by atoms with van der Waals surface area (Å²) >= 11 is 0. The molecule has 0 aliphatic heterocycles. The number of amides is 2. The summed E-state index contributed by atoms with van der Waals surface area (Å²) in [6, 6.07) is 22.3. The van der Waals surface area contributed by atoms with Crippen molar-refractivity contribution in [1.29, 1.82) is 0 Å². The maximum atomic E-state index is 12.9. The molecule has 0 aliphatic rings. The summed E-state index contributed by atoms with van der Waals surface area (Å²) in [5.74, 6) is 0.145. The van der Waals surface area contributed by atoms with Gasteiger partial charge in [-0.3, -0.25) is 9.59 Å². The molecule has 0 aliphatic carbocycles. The molecule has 2 amide bonds. The summed E-state index contributed by atoms with van der Waals surface area (Å²) in [6.07, 6.45) is 0. The van der Waals surface area contributed by atoms with Crippen molar-refractivity contribution in [1.82, 2.24) is 0 Å². The van der Waals surface area contributed by atoms with Crippen molar-refractivity contribution in [2.24, 2.45) is 0 Å². The molecule has 172 valence electrons. The summed E-state index contributed by atoms with van der Waals surface area (Å²) in [7, 11) is 0. The largest absolute Gasteiger partial charge is 0.478 e. The van der Waals surface area contributed by atoms with Crippen LogP contribution in [0.1, 0.15) is 56.1 Å². The van der Waals surface area contributed by atoms with E-state index in [4.69, 9.17) is 4.74 Å². The quantitative estimate of drug-likeness (QED) is 0.466. The predicted molar refractivity (Wildman–Crippen MR) is 134 cm³/mol. The highest BCUT2D eigenvalue weighted by molar-refractivity contribution is 6.05. The first-order chi connectivity index (χ1) is 15.5. The topological polar surface area (TPSA) is 67.4 Å². The minimum absolute atomic E-state index is 0.0467.